The van der Waals surface area contributed by atoms with E-state index in [-0.39, 0.29) is 11.9 Å². The highest BCUT2D eigenvalue weighted by Crippen LogP contribution is 2.26. The van der Waals surface area contributed by atoms with Gasteiger partial charge in [-0.05, 0) is 27.3 Å². The molecule has 0 aliphatic carbocycles. The second kappa shape index (κ2) is 3.66. The first kappa shape index (κ1) is 9.60. The van der Waals surface area contributed by atoms with Gasteiger partial charge in [0.25, 0.3) is 0 Å². The maximum absolute atomic E-state index is 10.5. The first-order valence-corrected chi connectivity index (χ1v) is 4.94. The van der Waals surface area contributed by atoms with E-state index in [0.29, 0.717) is 17.7 Å². The lowest BCUT2D eigenvalue weighted by Gasteiger charge is -2.01. The molecule has 1 fully saturated rings. The van der Waals surface area contributed by atoms with Crippen molar-refractivity contribution in [2.75, 3.05) is 13.2 Å². The van der Waals surface area contributed by atoms with Crippen LogP contribution in [0, 0.1) is 10.1 Å². The Morgan fingerprint density at radius 2 is 2.57 bits per heavy atom. The standard InChI is InChI=1S/C7H8BrN3O3/c8-6-3-10(5-1-2-14-4-5)9-7(6)11(12)13/h3,5H,1-2,4H2. The predicted octanol–water partition coefficient (Wildman–Crippen LogP) is 1.52. The Hall–Kier alpha value is -0.950. The van der Waals surface area contributed by atoms with Crippen LogP contribution in [0.25, 0.3) is 0 Å². The van der Waals surface area contributed by atoms with Crippen LogP contribution < -0.4 is 0 Å². The van der Waals surface area contributed by atoms with Crippen LogP contribution in [-0.4, -0.2) is 27.9 Å². The zero-order chi connectivity index (χ0) is 10.1. The molecule has 2 rings (SSSR count). The Bertz CT molecular complexity index is 359. The van der Waals surface area contributed by atoms with Crippen LogP contribution in [0.4, 0.5) is 5.82 Å². The normalized spacial score (nSPS) is 21.4. The molecule has 1 saturated heterocycles. The van der Waals surface area contributed by atoms with Gasteiger partial charge in [-0.25, -0.2) is 0 Å². The van der Waals surface area contributed by atoms with Gasteiger partial charge in [0.1, 0.15) is 4.47 Å². The van der Waals surface area contributed by atoms with Gasteiger partial charge in [0.05, 0.1) is 23.9 Å². The Morgan fingerprint density at radius 3 is 3.07 bits per heavy atom. The molecule has 0 bridgehead atoms. The minimum absolute atomic E-state index is 0.125. The lowest BCUT2D eigenvalue weighted by Crippen LogP contribution is -2.09. The zero-order valence-corrected chi connectivity index (χ0v) is 8.81. The summed E-state index contributed by atoms with van der Waals surface area (Å²) in [6, 6.07) is 0.125. The van der Waals surface area contributed by atoms with E-state index in [9.17, 15) is 10.1 Å². The molecule has 1 aromatic heterocycles. The number of aromatic nitrogens is 2. The summed E-state index contributed by atoms with van der Waals surface area (Å²) in [6.07, 6.45) is 2.47. The maximum atomic E-state index is 10.5. The van der Waals surface area contributed by atoms with E-state index in [1.54, 1.807) is 10.9 Å². The van der Waals surface area contributed by atoms with Crippen molar-refractivity contribution in [2.45, 2.75) is 12.5 Å². The molecule has 1 aliphatic rings. The molecule has 0 spiro atoms. The van der Waals surface area contributed by atoms with E-state index in [4.69, 9.17) is 4.74 Å². The van der Waals surface area contributed by atoms with E-state index < -0.39 is 4.92 Å². The summed E-state index contributed by atoms with van der Waals surface area (Å²) in [4.78, 5) is 10.0. The maximum Gasteiger partial charge on any atom is 0.404 e. The van der Waals surface area contributed by atoms with Crippen molar-refractivity contribution in [3.8, 4) is 0 Å². The third-order valence-electron chi connectivity index (χ3n) is 2.12. The summed E-state index contributed by atoms with van der Waals surface area (Å²) in [5, 5.41) is 14.4. The Morgan fingerprint density at radius 1 is 1.79 bits per heavy atom. The van der Waals surface area contributed by atoms with Gasteiger partial charge in [-0.1, -0.05) is 0 Å². The van der Waals surface area contributed by atoms with Crippen LogP contribution in [0.5, 0.6) is 0 Å². The molecule has 76 valence electrons. The lowest BCUT2D eigenvalue weighted by molar-refractivity contribution is -0.390. The average molecular weight is 262 g/mol. The van der Waals surface area contributed by atoms with Crippen LogP contribution in [0.3, 0.4) is 0 Å². The minimum Gasteiger partial charge on any atom is -0.379 e. The largest absolute Gasteiger partial charge is 0.404 e. The number of hydrogen-bond donors (Lipinski definition) is 0. The van der Waals surface area contributed by atoms with Gasteiger partial charge in [-0.15, -0.1) is 0 Å². The highest BCUT2D eigenvalue weighted by molar-refractivity contribution is 9.10. The van der Waals surface area contributed by atoms with Gasteiger partial charge in [0.2, 0.25) is 0 Å². The lowest BCUT2D eigenvalue weighted by atomic mass is 10.3. The fourth-order valence-corrected chi connectivity index (χ4v) is 1.84. The van der Waals surface area contributed by atoms with Crippen LogP contribution in [-0.2, 0) is 4.74 Å². The fraction of sp³-hybridized carbons (Fsp3) is 0.571. The first-order chi connectivity index (χ1) is 6.68. The predicted molar refractivity (Wildman–Crippen MR) is 51.1 cm³/mol. The minimum atomic E-state index is -0.504. The average Bonchev–Trinajstić information content (AvgIpc) is 2.70. The Labute approximate surface area is 88.1 Å². The molecule has 0 amide bonds. The smallest absolute Gasteiger partial charge is 0.379 e. The molecule has 2 heterocycles. The zero-order valence-electron chi connectivity index (χ0n) is 7.22. The van der Waals surface area contributed by atoms with E-state index in [0.717, 1.165) is 6.42 Å². The molecule has 0 aromatic carbocycles. The van der Waals surface area contributed by atoms with E-state index in [1.165, 1.54) is 0 Å². The van der Waals surface area contributed by atoms with Crippen LogP contribution >= 0.6 is 15.9 Å². The summed E-state index contributed by atoms with van der Waals surface area (Å²) < 4.78 is 7.18. The van der Waals surface area contributed by atoms with Gasteiger partial charge in [-0.2, -0.15) is 4.68 Å². The molecular weight excluding hydrogens is 254 g/mol. The van der Waals surface area contributed by atoms with Crippen molar-refractivity contribution in [3.05, 3.63) is 20.8 Å². The van der Waals surface area contributed by atoms with Crippen molar-refractivity contribution in [1.29, 1.82) is 0 Å². The molecule has 0 N–H and O–H groups in total. The molecule has 14 heavy (non-hydrogen) atoms. The SMILES string of the molecule is O=[N+]([O-])c1nn(C2CCOC2)cc1Br. The number of hydrogen-bond acceptors (Lipinski definition) is 4. The van der Waals surface area contributed by atoms with Gasteiger partial charge >= 0.3 is 5.82 Å². The number of ether oxygens (including phenoxy) is 1. The van der Waals surface area contributed by atoms with E-state index in [2.05, 4.69) is 21.0 Å². The van der Waals surface area contributed by atoms with Crippen LogP contribution in [0.15, 0.2) is 10.7 Å². The summed E-state index contributed by atoms with van der Waals surface area (Å²) >= 11 is 3.10. The summed E-state index contributed by atoms with van der Waals surface area (Å²) in [7, 11) is 0. The summed E-state index contributed by atoms with van der Waals surface area (Å²) in [5.41, 5.74) is 0. The molecular formula is C7H8BrN3O3. The van der Waals surface area contributed by atoms with Crippen molar-refractivity contribution in [2.24, 2.45) is 0 Å². The number of rotatable bonds is 2. The molecule has 1 aliphatic heterocycles. The van der Waals surface area contributed by atoms with Crippen LogP contribution in [0.1, 0.15) is 12.5 Å². The summed E-state index contributed by atoms with van der Waals surface area (Å²) in [5.74, 6) is -0.142. The Kier molecular flexibility index (Phi) is 2.51. The highest BCUT2D eigenvalue weighted by Gasteiger charge is 2.26. The summed E-state index contributed by atoms with van der Waals surface area (Å²) in [6.45, 7) is 1.27. The van der Waals surface area contributed by atoms with Gasteiger partial charge < -0.3 is 14.9 Å². The second-order valence-corrected chi connectivity index (χ2v) is 3.91. The van der Waals surface area contributed by atoms with Crippen molar-refractivity contribution >= 4 is 21.7 Å². The van der Waals surface area contributed by atoms with Crippen LogP contribution in [0.2, 0.25) is 0 Å². The molecule has 0 radical (unpaired) electrons. The molecule has 1 aromatic rings. The molecule has 7 heteroatoms. The van der Waals surface area contributed by atoms with E-state index >= 15 is 0 Å². The third-order valence-corrected chi connectivity index (χ3v) is 2.68. The fourth-order valence-electron chi connectivity index (χ4n) is 1.40. The van der Waals surface area contributed by atoms with Crippen molar-refractivity contribution < 1.29 is 9.66 Å². The highest BCUT2D eigenvalue weighted by atomic mass is 79.9. The molecule has 0 saturated carbocycles. The molecule has 1 atom stereocenters. The second-order valence-electron chi connectivity index (χ2n) is 3.06. The number of nitrogens with zero attached hydrogens (tertiary/aromatic N) is 3. The quantitative estimate of drug-likeness (QED) is 0.598. The monoisotopic (exact) mass is 261 g/mol. The molecule has 6 nitrogen and oxygen atoms in total. The van der Waals surface area contributed by atoms with Crippen molar-refractivity contribution in [3.63, 3.8) is 0 Å². The van der Waals surface area contributed by atoms with E-state index in [1.807, 2.05) is 0 Å². The number of nitro groups is 1. The first-order valence-electron chi connectivity index (χ1n) is 4.15. The Balaban J connectivity index is 2.27. The third kappa shape index (κ3) is 1.64. The number of halogens is 1. The van der Waals surface area contributed by atoms with Gasteiger partial charge in [-0.3, -0.25) is 0 Å². The topological polar surface area (TPSA) is 70.2 Å². The van der Waals surface area contributed by atoms with Gasteiger partial charge in [0.15, 0.2) is 0 Å². The molecule has 1 unspecified atom stereocenters. The van der Waals surface area contributed by atoms with Gasteiger partial charge in [0, 0.05) is 6.61 Å². The van der Waals surface area contributed by atoms with Crippen molar-refractivity contribution in [1.82, 2.24) is 9.78 Å².